The van der Waals surface area contributed by atoms with Crippen molar-refractivity contribution in [3.8, 4) is 5.88 Å². The number of nitrogens with zero attached hydrogens (tertiary/aromatic N) is 1. The Morgan fingerprint density at radius 3 is 2.58 bits per heavy atom. The van der Waals surface area contributed by atoms with Crippen molar-refractivity contribution in [1.29, 1.82) is 0 Å². The third kappa shape index (κ3) is 5.77. The van der Waals surface area contributed by atoms with Gasteiger partial charge < -0.3 is 4.74 Å². The van der Waals surface area contributed by atoms with Gasteiger partial charge in [0.1, 0.15) is 15.4 Å². The predicted octanol–water partition coefficient (Wildman–Crippen LogP) is 2.68. The van der Waals surface area contributed by atoms with Gasteiger partial charge in [0.15, 0.2) is 0 Å². The van der Waals surface area contributed by atoms with Gasteiger partial charge in [0.05, 0.1) is 12.4 Å². The van der Waals surface area contributed by atoms with Gasteiger partial charge in [0, 0.05) is 16.9 Å². The molecule has 0 unspecified atom stereocenters. The quantitative estimate of drug-likeness (QED) is 0.756. The molecule has 4 nitrogen and oxygen atoms in total. The molecule has 0 aliphatic rings. The largest absolute Gasteiger partial charge is 0.477 e. The van der Waals surface area contributed by atoms with Gasteiger partial charge >= 0.3 is 6.18 Å². The minimum absolute atomic E-state index is 0.105. The van der Waals surface area contributed by atoms with Crippen LogP contribution < -0.4 is 4.74 Å². The third-order valence-corrected chi connectivity index (χ3v) is 3.49. The molecule has 0 N–H and O–H groups in total. The SMILES string of the molecule is CS(=O)(=O)CCCOc1ncc(Br)cc1C(F)(F)F. The molecule has 0 fully saturated rings. The maximum Gasteiger partial charge on any atom is 0.421 e. The minimum Gasteiger partial charge on any atom is -0.477 e. The summed E-state index contributed by atoms with van der Waals surface area (Å²) in [5.74, 6) is -0.700. The highest BCUT2D eigenvalue weighted by Gasteiger charge is 2.35. The van der Waals surface area contributed by atoms with Crippen molar-refractivity contribution in [3.05, 3.63) is 22.3 Å². The molecule has 19 heavy (non-hydrogen) atoms. The molecule has 1 aromatic heterocycles. The molecule has 0 radical (unpaired) electrons. The van der Waals surface area contributed by atoms with E-state index in [1.165, 1.54) is 6.20 Å². The van der Waals surface area contributed by atoms with Gasteiger partial charge in [-0.2, -0.15) is 13.2 Å². The zero-order valence-corrected chi connectivity index (χ0v) is 12.3. The van der Waals surface area contributed by atoms with Gasteiger partial charge in [-0.05, 0) is 28.4 Å². The summed E-state index contributed by atoms with van der Waals surface area (Å²) in [6, 6.07) is 0.860. The van der Waals surface area contributed by atoms with Crippen LogP contribution in [-0.2, 0) is 16.0 Å². The number of hydrogen-bond donors (Lipinski definition) is 0. The number of hydrogen-bond acceptors (Lipinski definition) is 4. The lowest BCUT2D eigenvalue weighted by atomic mass is 10.2. The molecule has 0 aromatic carbocycles. The molecule has 1 aromatic rings. The number of alkyl halides is 3. The zero-order valence-electron chi connectivity index (χ0n) is 9.87. The number of aromatic nitrogens is 1. The maximum atomic E-state index is 12.7. The Morgan fingerprint density at radius 2 is 2.05 bits per heavy atom. The molecule has 108 valence electrons. The highest BCUT2D eigenvalue weighted by molar-refractivity contribution is 9.10. The fourth-order valence-electron chi connectivity index (χ4n) is 1.23. The second-order valence-corrected chi connectivity index (χ2v) is 7.01. The van der Waals surface area contributed by atoms with Crippen molar-refractivity contribution in [3.63, 3.8) is 0 Å². The summed E-state index contributed by atoms with van der Waals surface area (Å²) >= 11 is 2.90. The Bertz CT molecular complexity index is 545. The van der Waals surface area contributed by atoms with Crippen LogP contribution in [0.4, 0.5) is 13.2 Å². The van der Waals surface area contributed by atoms with E-state index in [0.29, 0.717) is 0 Å². The smallest absolute Gasteiger partial charge is 0.421 e. The fraction of sp³-hybridized carbons (Fsp3) is 0.500. The summed E-state index contributed by atoms with van der Waals surface area (Å²) in [4.78, 5) is 3.54. The first-order valence-corrected chi connectivity index (χ1v) is 7.98. The Morgan fingerprint density at radius 1 is 1.42 bits per heavy atom. The monoisotopic (exact) mass is 361 g/mol. The van der Waals surface area contributed by atoms with E-state index >= 15 is 0 Å². The van der Waals surface area contributed by atoms with E-state index in [2.05, 4.69) is 20.9 Å². The summed E-state index contributed by atoms with van der Waals surface area (Å²) in [7, 11) is -3.15. The van der Waals surface area contributed by atoms with Crippen molar-refractivity contribution in [2.24, 2.45) is 0 Å². The lowest BCUT2D eigenvalue weighted by Crippen LogP contribution is -2.13. The highest BCUT2D eigenvalue weighted by Crippen LogP contribution is 2.36. The fourth-order valence-corrected chi connectivity index (χ4v) is 2.21. The number of ether oxygens (including phenoxy) is 1. The van der Waals surface area contributed by atoms with Crippen molar-refractivity contribution >= 4 is 25.8 Å². The Labute approximate surface area is 117 Å². The molecule has 0 saturated heterocycles. The maximum absolute atomic E-state index is 12.7. The van der Waals surface area contributed by atoms with Crippen LogP contribution in [0.2, 0.25) is 0 Å². The standard InChI is InChI=1S/C10H11BrF3NO3S/c1-19(16,17)4-2-3-18-9-8(10(12,13)14)5-7(11)6-15-9/h5-6H,2-4H2,1H3. The van der Waals surface area contributed by atoms with Crippen molar-refractivity contribution in [2.75, 3.05) is 18.6 Å². The average Bonchev–Trinajstić information content (AvgIpc) is 2.23. The third-order valence-electron chi connectivity index (χ3n) is 2.02. The molecule has 0 saturated carbocycles. The van der Waals surface area contributed by atoms with Crippen molar-refractivity contribution in [2.45, 2.75) is 12.6 Å². The molecule has 0 aliphatic carbocycles. The van der Waals surface area contributed by atoms with Gasteiger partial charge in [-0.1, -0.05) is 0 Å². The molecule has 1 rings (SSSR count). The summed E-state index contributed by atoms with van der Waals surface area (Å²) in [6.45, 7) is -0.148. The molecule has 0 bridgehead atoms. The van der Waals surface area contributed by atoms with Crippen LogP contribution in [-0.4, -0.2) is 32.0 Å². The lowest BCUT2D eigenvalue weighted by Gasteiger charge is -2.12. The van der Waals surface area contributed by atoms with Gasteiger partial charge in [0.2, 0.25) is 5.88 Å². The first-order chi connectivity index (χ1) is 8.59. The molecule has 0 spiro atoms. The van der Waals surface area contributed by atoms with E-state index in [1.807, 2.05) is 0 Å². The number of sulfone groups is 1. The van der Waals surface area contributed by atoms with Crippen molar-refractivity contribution < 1.29 is 26.3 Å². The first-order valence-electron chi connectivity index (χ1n) is 5.13. The van der Waals surface area contributed by atoms with Crippen LogP contribution in [0, 0.1) is 0 Å². The van der Waals surface area contributed by atoms with Crippen LogP contribution >= 0.6 is 15.9 Å². The summed E-state index contributed by atoms with van der Waals surface area (Å²) in [5, 5.41) is 0. The predicted molar refractivity (Wildman–Crippen MR) is 66.8 cm³/mol. The van der Waals surface area contributed by atoms with Crippen LogP contribution in [0.1, 0.15) is 12.0 Å². The second-order valence-electron chi connectivity index (χ2n) is 3.84. The normalized spacial score (nSPS) is 12.5. The molecule has 0 atom stereocenters. The van der Waals surface area contributed by atoms with Gasteiger partial charge in [-0.15, -0.1) is 0 Å². The second kappa shape index (κ2) is 6.08. The van der Waals surface area contributed by atoms with Crippen LogP contribution in [0.25, 0.3) is 0 Å². The van der Waals surface area contributed by atoms with E-state index < -0.39 is 27.5 Å². The Hall–Kier alpha value is -0.830. The first kappa shape index (κ1) is 16.2. The minimum atomic E-state index is -4.58. The zero-order chi connectivity index (χ0) is 14.7. The van der Waals surface area contributed by atoms with Crippen LogP contribution in [0.3, 0.4) is 0 Å². The highest BCUT2D eigenvalue weighted by atomic mass is 79.9. The Kier molecular flexibility index (Phi) is 5.19. The number of halogens is 4. The van der Waals surface area contributed by atoms with Crippen LogP contribution in [0.5, 0.6) is 5.88 Å². The summed E-state index contributed by atoms with van der Waals surface area (Å²) in [5.41, 5.74) is -0.999. The van der Waals surface area contributed by atoms with Gasteiger partial charge in [-0.3, -0.25) is 0 Å². The van der Waals surface area contributed by atoms with Crippen molar-refractivity contribution in [1.82, 2.24) is 4.98 Å². The molecule has 0 amide bonds. The lowest BCUT2D eigenvalue weighted by molar-refractivity contribution is -0.139. The van der Waals surface area contributed by atoms with E-state index in [4.69, 9.17) is 4.74 Å². The molecule has 1 heterocycles. The topological polar surface area (TPSA) is 56.3 Å². The van der Waals surface area contributed by atoms with E-state index in [0.717, 1.165) is 12.3 Å². The average molecular weight is 362 g/mol. The Balaban J connectivity index is 2.73. The molecular formula is C10H11BrF3NO3S. The summed E-state index contributed by atoms with van der Waals surface area (Å²) < 4.78 is 64.9. The van der Waals surface area contributed by atoms with Crippen LogP contribution in [0.15, 0.2) is 16.7 Å². The van der Waals surface area contributed by atoms with E-state index in [-0.39, 0.29) is 23.3 Å². The number of pyridine rings is 1. The summed E-state index contributed by atoms with van der Waals surface area (Å²) in [6.07, 6.45) is -2.25. The van der Waals surface area contributed by atoms with E-state index in [9.17, 15) is 21.6 Å². The van der Waals surface area contributed by atoms with Gasteiger partial charge in [-0.25, -0.2) is 13.4 Å². The molecular weight excluding hydrogens is 351 g/mol. The van der Waals surface area contributed by atoms with Gasteiger partial charge in [0.25, 0.3) is 0 Å². The molecule has 0 aliphatic heterocycles. The van der Waals surface area contributed by atoms with E-state index in [1.54, 1.807) is 0 Å². The molecule has 9 heteroatoms. The number of rotatable bonds is 5.